The molecule has 0 fully saturated rings. The predicted octanol–water partition coefficient (Wildman–Crippen LogP) is 2.69. The number of amides is 2. The van der Waals surface area contributed by atoms with Crippen LogP contribution in [0.25, 0.3) is 0 Å². The molecular formula is C21H28N4O3. The van der Waals surface area contributed by atoms with E-state index in [-0.39, 0.29) is 12.0 Å². The van der Waals surface area contributed by atoms with Gasteiger partial charge in [0.2, 0.25) is 0 Å². The van der Waals surface area contributed by atoms with E-state index in [4.69, 9.17) is 4.74 Å². The van der Waals surface area contributed by atoms with Crippen LogP contribution in [-0.2, 0) is 31.2 Å². The van der Waals surface area contributed by atoms with Gasteiger partial charge in [-0.25, -0.2) is 4.79 Å². The van der Waals surface area contributed by atoms with Crippen molar-refractivity contribution in [1.29, 1.82) is 0 Å². The monoisotopic (exact) mass is 384 g/mol. The van der Waals surface area contributed by atoms with Crippen molar-refractivity contribution in [3.05, 3.63) is 52.8 Å². The first kappa shape index (κ1) is 19.9. The molecule has 1 aliphatic heterocycles. The minimum absolute atomic E-state index is 0.168. The van der Waals surface area contributed by atoms with E-state index in [0.717, 1.165) is 17.7 Å². The molecule has 0 unspecified atom stereocenters. The van der Waals surface area contributed by atoms with Gasteiger partial charge in [0.05, 0.1) is 12.2 Å². The highest BCUT2D eigenvalue weighted by Crippen LogP contribution is 2.23. The van der Waals surface area contributed by atoms with Gasteiger partial charge in [-0.05, 0) is 32.8 Å². The molecule has 0 bridgehead atoms. The Balaban J connectivity index is 1.67. The predicted molar refractivity (Wildman–Crippen MR) is 106 cm³/mol. The Morgan fingerprint density at radius 2 is 1.93 bits per heavy atom. The standard InChI is InChI=1S/C21H28N4O3/c1-21(2,3)28-20(27)25-13-11-17-16(14-25)18(24(4)23-17)19(26)22-12-10-15-8-6-5-7-9-15/h5-9H,10-14H2,1-4H3,(H,22,26). The first-order chi connectivity index (χ1) is 13.2. The zero-order valence-electron chi connectivity index (χ0n) is 17.0. The van der Waals surface area contributed by atoms with Crippen LogP contribution >= 0.6 is 0 Å². The highest BCUT2D eigenvalue weighted by Gasteiger charge is 2.31. The van der Waals surface area contributed by atoms with Crippen LogP contribution in [0.1, 0.15) is 48.1 Å². The number of nitrogens with one attached hydrogen (secondary N) is 1. The molecule has 1 N–H and O–H groups in total. The van der Waals surface area contributed by atoms with E-state index in [2.05, 4.69) is 10.4 Å². The van der Waals surface area contributed by atoms with Crippen LogP contribution in [0.2, 0.25) is 0 Å². The van der Waals surface area contributed by atoms with Gasteiger partial charge in [0.1, 0.15) is 11.3 Å². The summed E-state index contributed by atoms with van der Waals surface area (Å²) >= 11 is 0. The largest absolute Gasteiger partial charge is 0.444 e. The summed E-state index contributed by atoms with van der Waals surface area (Å²) in [5, 5.41) is 7.46. The summed E-state index contributed by atoms with van der Waals surface area (Å²) in [4.78, 5) is 26.8. The van der Waals surface area contributed by atoms with Gasteiger partial charge >= 0.3 is 6.09 Å². The molecule has 2 aromatic rings. The third kappa shape index (κ3) is 4.71. The van der Waals surface area contributed by atoms with E-state index in [1.807, 2.05) is 51.1 Å². The normalized spacial score (nSPS) is 13.8. The highest BCUT2D eigenvalue weighted by atomic mass is 16.6. The lowest BCUT2D eigenvalue weighted by atomic mass is 10.1. The Bertz CT molecular complexity index is 853. The average Bonchev–Trinajstić information content (AvgIpc) is 2.96. The summed E-state index contributed by atoms with van der Waals surface area (Å²) in [5.74, 6) is -0.168. The molecule has 1 aromatic heterocycles. The van der Waals surface area contributed by atoms with Gasteiger partial charge in [-0.15, -0.1) is 0 Å². The maximum Gasteiger partial charge on any atom is 0.410 e. The van der Waals surface area contributed by atoms with Gasteiger partial charge in [-0.2, -0.15) is 5.10 Å². The zero-order valence-corrected chi connectivity index (χ0v) is 17.0. The topological polar surface area (TPSA) is 76.5 Å². The first-order valence-corrected chi connectivity index (χ1v) is 9.59. The second kappa shape index (κ2) is 8.04. The van der Waals surface area contributed by atoms with E-state index < -0.39 is 5.60 Å². The Kier molecular flexibility index (Phi) is 5.72. The highest BCUT2D eigenvalue weighted by molar-refractivity contribution is 5.94. The summed E-state index contributed by atoms with van der Waals surface area (Å²) < 4.78 is 7.08. The summed E-state index contributed by atoms with van der Waals surface area (Å²) in [6, 6.07) is 10.0. The van der Waals surface area contributed by atoms with E-state index in [1.165, 1.54) is 5.56 Å². The molecule has 0 saturated carbocycles. The molecule has 150 valence electrons. The maximum absolute atomic E-state index is 12.8. The Labute approximate surface area is 165 Å². The molecule has 7 heteroatoms. The molecule has 0 atom stereocenters. The van der Waals surface area contributed by atoms with E-state index >= 15 is 0 Å². The van der Waals surface area contributed by atoms with E-state index in [0.29, 0.717) is 31.7 Å². The smallest absolute Gasteiger partial charge is 0.410 e. The zero-order chi connectivity index (χ0) is 20.3. The number of nitrogens with zero attached hydrogens (tertiary/aromatic N) is 3. The SMILES string of the molecule is Cn1nc2c(c1C(=O)NCCc1ccccc1)CN(C(=O)OC(C)(C)C)CC2. The summed E-state index contributed by atoms with van der Waals surface area (Å²) in [5.41, 5.74) is 2.80. The van der Waals surface area contributed by atoms with Gasteiger partial charge < -0.3 is 15.0 Å². The fourth-order valence-corrected chi connectivity index (χ4v) is 3.32. The number of hydrogen-bond donors (Lipinski definition) is 1. The Hall–Kier alpha value is -2.83. The van der Waals surface area contributed by atoms with E-state index in [9.17, 15) is 9.59 Å². The Morgan fingerprint density at radius 3 is 2.61 bits per heavy atom. The lowest BCUT2D eigenvalue weighted by Crippen LogP contribution is -2.40. The molecule has 2 amide bonds. The van der Waals surface area contributed by atoms with Crippen LogP contribution in [0.15, 0.2) is 30.3 Å². The third-order valence-corrected chi connectivity index (χ3v) is 4.60. The molecular weight excluding hydrogens is 356 g/mol. The van der Waals surface area contributed by atoms with Gasteiger partial charge in [0.25, 0.3) is 5.91 Å². The van der Waals surface area contributed by atoms with Crippen LogP contribution in [0.3, 0.4) is 0 Å². The fraction of sp³-hybridized carbons (Fsp3) is 0.476. The summed E-state index contributed by atoms with van der Waals surface area (Å²) in [7, 11) is 1.77. The van der Waals surface area contributed by atoms with Crippen LogP contribution in [0, 0.1) is 0 Å². The lowest BCUT2D eigenvalue weighted by molar-refractivity contribution is 0.0222. The van der Waals surface area contributed by atoms with Gasteiger partial charge in [0, 0.05) is 32.1 Å². The van der Waals surface area contributed by atoms with Crippen molar-refractivity contribution in [3.63, 3.8) is 0 Å². The summed E-state index contributed by atoms with van der Waals surface area (Å²) in [6.07, 6.45) is 1.01. The Morgan fingerprint density at radius 1 is 1.21 bits per heavy atom. The first-order valence-electron chi connectivity index (χ1n) is 9.59. The molecule has 2 heterocycles. The van der Waals surface area contributed by atoms with Crippen molar-refractivity contribution in [3.8, 4) is 0 Å². The molecule has 7 nitrogen and oxygen atoms in total. The number of rotatable bonds is 4. The molecule has 0 radical (unpaired) electrons. The number of ether oxygens (including phenoxy) is 1. The average molecular weight is 384 g/mol. The molecule has 0 spiro atoms. The van der Waals surface area contributed by atoms with Crippen molar-refractivity contribution in [2.24, 2.45) is 7.05 Å². The number of carbonyl (C=O) groups excluding carboxylic acids is 2. The molecule has 0 saturated heterocycles. The molecule has 1 aromatic carbocycles. The van der Waals surface area contributed by atoms with E-state index in [1.54, 1.807) is 16.6 Å². The number of hydrogen-bond acceptors (Lipinski definition) is 4. The van der Waals surface area contributed by atoms with Gasteiger partial charge in [0.15, 0.2) is 0 Å². The number of aryl methyl sites for hydroxylation is 1. The van der Waals surface area contributed by atoms with Crippen LogP contribution in [0.5, 0.6) is 0 Å². The van der Waals surface area contributed by atoms with Crippen molar-refractivity contribution in [1.82, 2.24) is 20.0 Å². The molecule has 3 rings (SSSR count). The molecule has 0 aliphatic carbocycles. The molecule has 1 aliphatic rings. The van der Waals surface area contributed by atoms with Gasteiger partial charge in [-0.1, -0.05) is 30.3 Å². The van der Waals surface area contributed by atoms with Crippen molar-refractivity contribution in [2.45, 2.75) is 45.8 Å². The third-order valence-electron chi connectivity index (χ3n) is 4.60. The lowest BCUT2D eigenvalue weighted by Gasteiger charge is -2.29. The number of fused-ring (bicyclic) bond motifs is 1. The number of benzene rings is 1. The molecule has 28 heavy (non-hydrogen) atoms. The van der Waals surface area contributed by atoms with Crippen LogP contribution in [-0.4, -0.2) is 45.4 Å². The minimum atomic E-state index is -0.552. The van der Waals surface area contributed by atoms with Gasteiger partial charge in [-0.3, -0.25) is 9.48 Å². The fourth-order valence-electron chi connectivity index (χ4n) is 3.32. The second-order valence-corrected chi connectivity index (χ2v) is 8.04. The quantitative estimate of drug-likeness (QED) is 0.879. The van der Waals surface area contributed by atoms with Crippen molar-refractivity contribution < 1.29 is 14.3 Å². The summed E-state index contributed by atoms with van der Waals surface area (Å²) in [6.45, 7) is 6.94. The van der Waals surface area contributed by atoms with Crippen LogP contribution < -0.4 is 5.32 Å². The maximum atomic E-state index is 12.8. The second-order valence-electron chi connectivity index (χ2n) is 8.04. The van der Waals surface area contributed by atoms with Crippen molar-refractivity contribution >= 4 is 12.0 Å². The number of carbonyl (C=O) groups is 2. The minimum Gasteiger partial charge on any atom is -0.444 e. The number of aromatic nitrogens is 2. The van der Waals surface area contributed by atoms with Crippen LogP contribution in [0.4, 0.5) is 4.79 Å². The van der Waals surface area contributed by atoms with Crippen molar-refractivity contribution in [2.75, 3.05) is 13.1 Å².